The van der Waals surface area contributed by atoms with Crippen molar-refractivity contribution < 1.29 is 19.1 Å². The molecule has 3 aliphatic heterocycles. The lowest BCUT2D eigenvalue weighted by Crippen LogP contribution is -2.54. The number of allylic oxidation sites excluding steroid dienone is 1. The van der Waals surface area contributed by atoms with E-state index >= 15 is 0 Å². The van der Waals surface area contributed by atoms with E-state index in [9.17, 15) is 9.59 Å². The molecule has 0 bridgehead atoms. The van der Waals surface area contributed by atoms with Crippen LogP contribution in [0.2, 0.25) is 0 Å². The van der Waals surface area contributed by atoms with Gasteiger partial charge in [0.25, 0.3) is 5.91 Å². The standard InChI is InChI=1S/C29H35N5O4/c1-5-34-28(36)33-17-20-15-21(37-3)16-23(38-4)26(20)19(2)14-24(33)29(34)9-12-31(13-10-29)27(35)22-18-32-11-7-6-8-25(32)30-22/h6-8,11,14-15,18-19,23H,5,9-10,12-13,16-17H2,1-4H3/t19-,23?/m0/s1. The molecule has 0 radical (unpaired) electrons. The van der Waals surface area contributed by atoms with Gasteiger partial charge in [-0.05, 0) is 49.1 Å². The van der Waals surface area contributed by atoms with Gasteiger partial charge >= 0.3 is 6.03 Å². The second-order valence-electron chi connectivity index (χ2n) is 10.6. The highest BCUT2D eigenvalue weighted by Gasteiger charge is 2.55. The van der Waals surface area contributed by atoms with Crippen LogP contribution in [0.1, 0.15) is 43.6 Å². The molecule has 2 saturated heterocycles. The number of piperidine rings is 1. The molecule has 2 fully saturated rings. The van der Waals surface area contributed by atoms with Gasteiger partial charge in [0.05, 0.1) is 31.1 Å². The molecule has 5 heterocycles. The maximum atomic E-state index is 13.8. The van der Waals surface area contributed by atoms with Crippen LogP contribution in [0.5, 0.6) is 0 Å². The molecule has 2 aromatic heterocycles. The first kappa shape index (κ1) is 24.7. The van der Waals surface area contributed by atoms with Crippen molar-refractivity contribution in [3.05, 3.63) is 71.0 Å². The summed E-state index contributed by atoms with van der Waals surface area (Å²) >= 11 is 0. The number of urea groups is 1. The molecule has 38 heavy (non-hydrogen) atoms. The molecule has 9 heteroatoms. The molecule has 200 valence electrons. The molecule has 0 N–H and O–H groups in total. The molecule has 4 aliphatic rings. The monoisotopic (exact) mass is 517 g/mol. The molecule has 0 aromatic carbocycles. The van der Waals surface area contributed by atoms with Crippen molar-refractivity contribution in [1.29, 1.82) is 0 Å². The van der Waals surface area contributed by atoms with Crippen molar-refractivity contribution in [2.75, 3.05) is 40.4 Å². The summed E-state index contributed by atoms with van der Waals surface area (Å²) in [5.41, 5.74) is 4.16. The van der Waals surface area contributed by atoms with Gasteiger partial charge in [-0.25, -0.2) is 9.78 Å². The van der Waals surface area contributed by atoms with Gasteiger partial charge in [0.1, 0.15) is 11.3 Å². The van der Waals surface area contributed by atoms with Crippen LogP contribution in [0, 0.1) is 5.92 Å². The average Bonchev–Trinajstić information content (AvgIpc) is 3.40. The second-order valence-corrected chi connectivity index (χ2v) is 10.6. The normalized spacial score (nSPS) is 24.8. The molecule has 0 saturated carbocycles. The lowest BCUT2D eigenvalue weighted by atomic mass is 9.81. The predicted molar refractivity (Wildman–Crippen MR) is 142 cm³/mol. The van der Waals surface area contributed by atoms with Crippen LogP contribution in [0.25, 0.3) is 5.65 Å². The predicted octanol–water partition coefficient (Wildman–Crippen LogP) is 3.85. The molecule has 3 amide bonds. The number of methoxy groups -OCH3 is 2. The Bertz CT molecular complexity index is 1350. The zero-order valence-electron chi connectivity index (χ0n) is 22.5. The number of rotatable bonds is 4. The zero-order valence-corrected chi connectivity index (χ0v) is 22.5. The fourth-order valence-corrected chi connectivity index (χ4v) is 6.87. The number of amides is 3. The first-order valence-corrected chi connectivity index (χ1v) is 13.4. The Kier molecular flexibility index (Phi) is 6.06. The van der Waals surface area contributed by atoms with E-state index in [0.717, 1.165) is 22.7 Å². The Morgan fingerprint density at radius 1 is 1.21 bits per heavy atom. The number of imidazole rings is 1. The maximum Gasteiger partial charge on any atom is 0.325 e. The SMILES string of the molecule is CCN1C(=O)N2CC3=C(C(OC)CC(OC)=C3)[C@@H](C)C=C2C12CCN(C(=O)c1cn3ccccc3n1)CC2. The number of carbonyl (C=O) groups excluding carboxylic acids is 2. The summed E-state index contributed by atoms with van der Waals surface area (Å²) in [7, 11) is 3.42. The number of hydrogen-bond donors (Lipinski definition) is 0. The van der Waals surface area contributed by atoms with Gasteiger partial charge in [0.15, 0.2) is 0 Å². The van der Waals surface area contributed by atoms with Crippen LogP contribution in [-0.2, 0) is 9.47 Å². The van der Waals surface area contributed by atoms with Crippen molar-refractivity contribution in [3.63, 3.8) is 0 Å². The van der Waals surface area contributed by atoms with Crippen LogP contribution in [-0.4, -0.2) is 88.1 Å². The van der Waals surface area contributed by atoms with Gasteiger partial charge in [-0.1, -0.05) is 19.1 Å². The lowest BCUT2D eigenvalue weighted by molar-refractivity contribution is 0.0570. The quantitative estimate of drug-likeness (QED) is 0.616. The van der Waals surface area contributed by atoms with Gasteiger partial charge in [0, 0.05) is 57.2 Å². The number of ether oxygens (including phenoxy) is 2. The van der Waals surface area contributed by atoms with Gasteiger partial charge in [-0.15, -0.1) is 0 Å². The Morgan fingerprint density at radius 2 is 2.00 bits per heavy atom. The fourth-order valence-electron chi connectivity index (χ4n) is 6.87. The van der Waals surface area contributed by atoms with E-state index in [2.05, 4.69) is 24.1 Å². The molecule has 1 aliphatic carbocycles. The van der Waals surface area contributed by atoms with Crippen LogP contribution in [0.4, 0.5) is 4.79 Å². The third-order valence-corrected chi connectivity index (χ3v) is 8.74. The van der Waals surface area contributed by atoms with E-state index in [1.54, 1.807) is 20.4 Å². The summed E-state index contributed by atoms with van der Waals surface area (Å²) in [6.45, 7) is 6.49. The van der Waals surface area contributed by atoms with Crippen LogP contribution in [0.15, 0.2) is 65.3 Å². The number of aromatic nitrogens is 2. The average molecular weight is 518 g/mol. The number of carbonyl (C=O) groups is 2. The topological polar surface area (TPSA) is 79.6 Å². The van der Waals surface area contributed by atoms with Crippen molar-refractivity contribution in [1.82, 2.24) is 24.1 Å². The first-order chi connectivity index (χ1) is 18.4. The smallest absolute Gasteiger partial charge is 0.325 e. The number of likely N-dealkylation sites (tertiary alicyclic amines) is 1. The highest BCUT2D eigenvalue weighted by atomic mass is 16.5. The van der Waals surface area contributed by atoms with Crippen molar-refractivity contribution in [3.8, 4) is 0 Å². The minimum absolute atomic E-state index is 0.0340. The highest BCUT2D eigenvalue weighted by molar-refractivity contribution is 5.93. The minimum Gasteiger partial charge on any atom is -0.501 e. The molecular formula is C29H35N5O4. The summed E-state index contributed by atoms with van der Waals surface area (Å²) in [4.78, 5) is 37.6. The fraction of sp³-hybridized carbons (Fsp3) is 0.483. The maximum absolute atomic E-state index is 13.8. The van der Waals surface area contributed by atoms with Crippen LogP contribution < -0.4 is 0 Å². The number of likely N-dealkylation sites (N-methyl/N-ethyl adjacent to an activating group) is 1. The highest BCUT2D eigenvalue weighted by Crippen LogP contribution is 2.47. The minimum atomic E-state index is -0.430. The van der Waals surface area contributed by atoms with Gasteiger partial charge in [0.2, 0.25) is 0 Å². The third kappa shape index (κ3) is 3.66. The molecule has 1 unspecified atom stereocenters. The first-order valence-electron chi connectivity index (χ1n) is 13.4. The Hall–Kier alpha value is -3.59. The molecule has 2 atom stereocenters. The van der Waals surface area contributed by atoms with Crippen LogP contribution >= 0.6 is 0 Å². The number of nitrogens with zero attached hydrogens (tertiary/aromatic N) is 5. The summed E-state index contributed by atoms with van der Waals surface area (Å²) < 4.78 is 13.3. The number of hydrogen-bond acceptors (Lipinski definition) is 5. The van der Waals surface area contributed by atoms with E-state index in [1.807, 2.05) is 50.4 Å². The number of pyridine rings is 1. The van der Waals surface area contributed by atoms with E-state index in [0.29, 0.717) is 51.1 Å². The van der Waals surface area contributed by atoms with Crippen molar-refractivity contribution >= 4 is 17.6 Å². The second kappa shape index (κ2) is 9.31. The van der Waals surface area contributed by atoms with Gasteiger partial charge in [-0.2, -0.15) is 0 Å². The Balaban J connectivity index is 1.29. The molecule has 6 rings (SSSR count). The summed E-state index contributed by atoms with van der Waals surface area (Å²) in [5.74, 6) is 0.927. The molecular weight excluding hydrogens is 482 g/mol. The van der Waals surface area contributed by atoms with E-state index in [-0.39, 0.29) is 24.0 Å². The van der Waals surface area contributed by atoms with E-state index in [1.165, 1.54) is 5.57 Å². The number of fused-ring (bicyclic) bond motifs is 3. The summed E-state index contributed by atoms with van der Waals surface area (Å²) in [5, 5.41) is 0. The summed E-state index contributed by atoms with van der Waals surface area (Å²) in [6.07, 6.45) is 10.1. The summed E-state index contributed by atoms with van der Waals surface area (Å²) in [6, 6.07) is 5.77. The zero-order chi connectivity index (χ0) is 26.6. The van der Waals surface area contributed by atoms with Crippen molar-refractivity contribution in [2.45, 2.75) is 44.8 Å². The third-order valence-electron chi connectivity index (χ3n) is 8.74. The van der Waals surface area contributed by atoms with E-state index in [4.69, 9.17) is 9.47 Å². The van der Waals surface area contributed by atoms with E-state index < -0.39 is 5.54 Å². The molecule has 9 nitrogen and oxygen atoms in total. The van der Waals surface area contributed by atoms with Gasteiger partial charge in [-0.3, -0.25) is 9.69 Å². The Morgan fingerprint density at radius 3 is 2.68 bits per heavy atom. The van der Waals surface area contributed by atoms with Crippen molar-refractivity contribution in [2.24, 2.45) is 5.92 Å². The van der Waals surface area contributed by atoms with Gasteiger partial charge < -0.3 is 23.7 Å². The largest absolute Gasteiger partial charge is 0.501 e. The van der Waals surface area contributed by atoms with Crippen LogP contribution in [0.3, 0.4) is 0 Å². The lowest BCUT2D eigenvalue weighted by Gasteiger charge is -2.44. The molecule has 1 spiro atoms. The Labute approximate surface area is 223 Å². The molecule has 2 aromatic rings.